The lowest BCUT2D eigenvalue weighted by atomic mass is 9.77. The number of thiazole rings is 1. The average molecular weight is 928 g/mol. The van der Waals surface area contributed by atoms with E-state index in [2.05, 4.69) is 25.1 Å². The zero-order valence-electron chi connectivity index (χ0n) is 34.9. The summed E-state index contributed by atoms with van der Waals surface area (Å²) < 4.78 is 33.0. The molecule has 65 heavy (non-hydrogen) atoms. The number of carbonyl (C=O) groups excluding carboxylic acids is 3. The predicted octanol–water partition coefficient (Wildman–Crippen LogP) is 6.85. The smallest absolute Gasteiger partial charge is 0.355 e. The summed E-state index contributed by atoms with van der Waals surface area (Å²) in [5.74, 6) is -1.30. The van der Waals surface area contributed by atoms with E-state index in [1.54, 1.807) is 42.7 Å². The number of thioether (sulfide) groups is 1. The first kappa shape index (κ1) is 43.1. The molecule has 2 aliphatic rings. The van der Waals surface area contributed by atoms with Crippen LogP contribution in [0.4, 0.5) is 9.52 Å². The molecule has 0 unspecified atom stereocenters. The Balaban J connectivity index is 0.981. The number of methoxy groups -OCH3 is 1. The van der Waals surface area contributed by atoms with Gasteiger partial charge in [0.25, 0.3) is 18.7 Å². The van der Waals surface area contributed by atoms with Gasteiger partial charge in [-0.25, -0.2) is 13.8 Å². The number of anilines is 1. The second-order valence-corrected chi connectivity index (χ2v) is 17.6. The van der Waals surface area contributed by atoms with Gasteiger partial charge in [0.2, 0.25) is 27.8 Å². The molecule has 9 rings (SSSR count). The number of aryl methyl sites for hydroxylation is 1. The zero-order chi connectivity index (χ0) is 44.9. The lowest BCUT2D eigenvalue weighted by molar-refractivity contribution is -0.669. The molecule has 3 aromatic heterocycles. The monoisotopic (exact) mass is 927 g/mol. The number of ether oxygens (including phenoxy) is 2. The van der Waals surface area contributed by atoms with Crippen molar-refractivity contribution in [3.05, 3.63) is 184 Å². The second-order valence-electron chi connectivity index (χ2n) is 14.8. The Morgan fingerprint density at radius 2 is 1.62 bits per heavy atom. The van der Waals surface area contributed by atoms with Crippen molar-refractivity contribution in [2.45, 2.75) is 23.6 Å². The maximum atomic E-state index is 14.1. The highest BCUT2D eigenvalue weighted by atomic mass is 32.2. The summed E-state index contributed by atoms with van der Waals surface area (Å²) in [6.45, 7) is -1.38. The van der Waals surface area contributed by atoms with Crippen molar-refractivity contribution in [1.82, 2.24) is 24.0 Å². The first-order valence-corrected chi connectivity index (χ1v) is 22.9. The number of allylic oxidation sites excluding steroid dienone is 1. The van der Waals surface area contributed by atoms with Gasteiger partial charge in [-0.1, -0.05) is 126 Å². The van der Waals surface area contributed by atoms with Crippen LogP contribution >= 0.6 is 34.6 Å². The van der Waals surface area contributed by atoms with E-state index in [0.717, 1.165) is 44.3 Å². The number of carbonyl (C=O) groups is 3. The molecule has 14 nitrogen and oxygen atoms in total. The van der Waals surface area contributed by atoms with Crippen molar-refractivity contribution in [2.75, 3.05) is 25.0 Å². The van der Waals surface area contributed by atoms with E-state index in [-0.39, 0.29) is 18.1 Å². The Kier molecular flexibility index (Phi) is 12.5. The molecule has 0 aliphatic carbocycles. The van der Waals surface area contributed by atoms with Crippen LogP contribution < -0.4 is 19.9 Å². The molecule has 0 bridgehead atoms. The van der Waals surface area contributed by atoms with Gasteiger partial charge in [-0.3, -0.25) is 14.5 Å². The maximum Gasteiger partial charge on any atom is 0.355 e. The molecule has 328 valence electrons. The number of alkyl halides is 1. The van der Waals surface area contributed by atoms with Gasteiger partial charge in [-0.2, -0.15) is 13.8 Å². The molecule has 7 aromatic rings. The number of esters is 1. The Bertz CT molecular complexity index is 2840. The summed E-state index contributed by atoms with van der Waals surface area (Å²) in [5, 5.41) is 11.8. The minimum atomic E-state index is -1.33. The number of hydrogen-bond donors (Lipinski definition) is 2. The largest absolute Gasteiger partial charge is 0.497 e. The molecule has 0 radical (unpaired) electrons. The molecular weight excluding hydrogens is 888 g/mol. The summed E-state index contributed by atoms with van der Waals surface area (Å²) in [6.07, 6.45) is 7.66. The van der Waals surface area contributed by atoms with Gasteiger partial charge in [0, 0.05) is 22.7 Å². The number of fused-ring (bicyclic) bond motifs is 2. The van der Waals surface area contributed by atoms with E-state index in [0.29, 0.717) is 22.2 Å². The molecule has 2 amide bonds. The van der Waals surface area contributed by atoms with Gasteiger partial charge in [0.05, 0.1) is 14.2 Å². The van der Waals surface area contributed by atoms with Crippen LogP contribution in [0.3, 0.4) is 0 Å². The van der Waals surface area contributed by atoms with E-state index in [9.17, 15) is 18.8 Å². The van der Waals surface area contributed by atoms with Gasteiger partial charge < -0.3 is 24.9 Å². The number of oxime groups is 1. The number of benzene rings is 4. The number of nitrogens with one attached hydrogen (secondary N) is 2. The fourth-order valence-electron chi connectivity index (χ4n) is 7.77. The minimum Gasteiger partial charge on any atom is -0.497 e. The van der Waals surface area contributed by atoms with Crippen molar-refractivity contribution in [2.24, 2.45) is 12.2 Å². The summed E-state index contributed by atoms with van der Waals surface area (Å²) >= 11 is 3.92. The van der Waals surface area contributed by atoms with Crippen molar-refractivity contribution < 1.29 is 37.7 Å². The minimum absolute atomic E-state index is 0.0522. The molecule has 18 heteroatoms. The number of nitrogens with zero attached hydrogens (tertiary/aromatic N) is 6. The molecule has 4 aromatic carbocycles. The fourth-order valence-corrected chi connectivity index (χ4v) is 10.6. The van der Waals surface area contributed by atoms with E-state index in [1.807, 2.05) is 137 Å². The van der Waals surface area contributed by atoms with E-state index in [4.69, 9.17) is 14.3 Å². The molecule has 2 N–H and O–H groups in total. The molecule has 0 spiro atoms. The lowest BCUT2D eigenvalue weighted by Crippen LogP contribution is -2.71. The van der Waals surface area contributed by atoms with E-state index in [1.165, 1.54) is 16.7 Å². The third kappa shape index (κ3) is 8.62. The highest BCUT2D eigenvalue weighted by molar-refractivity contribution is 8.00. The Labute approximate surface area is 384 Å². The zero-order valence-corrected chi connectivity index (χ0v) is 37.3. The summed E-state index contributed by atoms with van der Waals surface area (Å²) in [4.78, 5) is 54.1. The molecule has 2 atom stereocenters. The third-order valence-electron chi connectivity index (χ3n) is 10.9. The molecule has 0 saturated carbocycles. The second kappa shape index (κ2) is 18.9. The van der Waals surface area contributed by atoms with Crippen LogP contribution in [0.15, 0.2) is 156 Å². The summed E-state index contributed by atoms with van der Waals surface area (Å²) in [7, 11) is 3.51. The quantitative estimate of drug-likeness (QED) is 0.0263. The number of imidazole rings is 1. The molecule has 1 saturated heterocycles. The van der Waals surface area contributed by atoms with E-state index < -0.39 is 47.3 Å². The molecule has 2 aliphatic heterocycles. The molecule has 1 fully saturated rings. The number of rotatable bonds is 16. The number of hydrogen-bond acceptors (Lipinski definition) is 13. The van der Waals surface area contributed by atoms with Crippen LogP contribution in [0.5, 0.6) is 5.75 Å². The van der Waals surface area contributed by atoms with Gasteiger partial charge in [0.15, 0.2) is 0 Å². The van der Waals surface area contributed by atoms with Gasteiger partial charge in [-0.05, 0) is 46.0 Å². The van der Waals surface area contributed by atoms with Crippen LogP contribution in [0.2, 0.25) is 0 Å². The highest BCUT2D eigenvalue weighted by Gasteiger charge is 2.54. The van der Waals surface area contributed by atoms with Crippen LogP contribution in [0.25, 0.3) is 10.9 Å². The fraction of sp³-hybridized carbons (Fsp3) is 0.170. The Morgan fingerprint density at radius 1 is 0.954 bits per heavy atom. The maximum absolute atomic E-state index is 14.1. The molecular formula is C47H40FN8O6S3+. The van der Waals surface area contributed by atoms with Gasteiger partial charge in [-0.15, -0.1) is 11.8 Å². The standard InChI is InChI=1S/C47H39FN8O6S3/c1-54-24-37-55(29-54)35(27-63-37)21-20-31-26-64-44-39(43(58)56(44)40(31)45(59)61-25-30-18-22-36(60-2)23-19-30)49-42(57)38(52-62-28-48)41-50-46(65-53-41)51-47(32-12-6-3-7-13-32,33-14-8-4-9-15-33)34-16-10-5-11-17-34/h3-24,27,29,39,44H,25-26,28H2,1-2H3,(H-,49,50,51,53,57)/p+1/b21-20?,52-38-/t39-,44-/m1/s1. The predicted molar refractivity (Wildman–Crippen MR) is 247 cm³/mol. The normalized spacial score (nSPS) is 16.3. The first-order chi connectivity index (χ1) is 31.8. The van der Waals surface area contributed by atoms with E-state index >= 15 is 0 Å². The van der Waals surface area contributed by atoms with Crippen molar-refractivity contribution in [3.8, 4) is 5.75 Å². The average Bonchev–Trinajstić information content (AvgIpc) is 4.08. The number of aromatic nitrogens is 4. The van der Waals surface area contributed by atoms with Crippen LogP contribution in [0.1, 0.15) is 33.8 Å². The Morgan fingerprint density at radius 3 is 2.25 bits per heavy atom. The summed E-state index contributed by atoms with van der Waals surface area (Å²) in [5.41, 5.74) is 3.59. The first-order valence-electron chi connectivity index (χ1n) is 20.2. The van der Waals surface area contributed by atoms with Crippen LogP contribution in [-0.2, 0) is 43.2 Å². The topological polar surface area (TPSA) is 153 Å². The van der Waals surface area contributed by atoms with Crippen molar-refractivity contribution in [3.63, 3.8) is 0 Å². The molecule has 5 heterocycles. The number of halogens is 1. The number of amides is 2. The Hall–Kier alpha value is -7.15. The SMILES string of the molecule is COc1ccc(COC(=O)C2=C(C=Cc3csc4c[n+](C)cn34)CS[C@@H]3[C@H](NC(=O)/C(=N\OCF)c4nsc(NC(c5ccccc5)(c5ccccc5)c5ccccc5)n4)C(=O)N23)cc1. The van der Waals surface area contributed by atoms with Gasteiger partial charge in [0.1, 0.15) is 46.9 Å². The number of β-lactam (4-membered cyclic amide) rings is 1. The van der Waals surface area contributed by atoms with Crippen molar-refractivity contribution >= 4 is 74.2 Å². The third-order valence-corrected chi connectivity index (χ3v) is 13.7. The van der Waals surface area contributed by atoms with Crippen LogP contribution in [-0.4, -0.2) is 73.3 Å². The summed E-state index contributed by atoms with van der Waals surface area (Å²) in [6, 6.07) is 35.6. The van der Waals surface area contributed by atoms with Gasteiger partial charge >= 0.3 is 5.97 Å². The lowest BCUT2D eigenvalue weighted by Gasteiger charge is -2.49. The van der Waals surface area contributed by atoms with Crippen LogP contribution in [0, 0.1) is 0 Å². The highest BCUT2D eigenvalue weighted by Crippen LogP contribution is 2.42. The van der Waals surface area contributed by atoms with Crippen molar-refractivity contribution in [1.29, 1.82) is 0 Å².